The molecule has 1 rings (SSSR count). The standard InChI is InChI=1S/C13H17N3O/c1-2-3-8-17-9-7-16-12-6-4-5-11(10-14)13(12)15/h2,4-6,16H,1,3,7-9,15H2. The molecule has 0 saturated carbocycles. The van der Waals surface area contributed by atoms with Gasteiger partial charge in [-0.2, -0.15) is 5.26 Å². The van der Waals surface area contributed by atoms with Crippen LogP contribution in [0.1, 0.15) is 12.0 Å². The Morgan fingerprint density at radius 1 is 1.47 bits per heavy atom. The van der Waals surface area contributed by atoms with Crippen molar-refractivity contribution in [2.24, 2.45) is 0 Å². The third kappa shape index (κ3) is 4.17. The fourth-order valence-corrected chi connectivity index (χ4v) is 1.34. The third-order valence-corrected chi connectivity index (χ3v) is 2.25. The van der Waals surface area contributed by atoms with E-state index in [1.54, 1.807) is 12.1 Å². The lowest BCUT2D eigenvalue weighted by Crippen LogP contribution is -2.11. The van der Waals surface area contributed by atoms with Gasteiger partial charge in [-0.3, -0.25) is 0 Å². The maximum absolute atomic E-state index is 8.82. The van der Waals surface area contributed by atoms with Crippen molar-refractivity contribution in [1.82, 2.24) is 0 Å². The molecular weight excluding hydrogens is 214 g/mol. The number of nitrogens with zero attached hydrogens (tertiary/aromatic N) is 1. The smallest absolute Gasteiger partial charge is 0.101 e. The van der Waals surface area contributed by atoms with Crippen LogP contribution in [-0.2, 0) is 4.74 Å². The van der Waals surface area contributed by atoms with E-state index in [1.165, 1.54) is 0 Å². The van der Waals surface area contributed by atoms with Crippen LogP contribution in [0.2, 0.25) is 0 Å². The molecule has 1 aromatic rings. The number of hydrogen-bond donors (Lipinski definition) is 2. The largest absolute Gasteiger partial charge is 0.396 e. The highest BCUT2D eigenvalue weighted by Crippen LogP contribution is 2.21. The molecule has 0 spiro atoms. The number of nitrogens with one attached hydrogen (secondary N) is 1. The highest BCUT2D eigenvalue weighted by atomic mass is 16.5. The van der Waals surface area contributed by atoms with E-state index in [-0.39, 0.29) is 0 Å². The second-order valence-electron chi connectivity index (χ2n) is 3.50. The molecule has 17 heavy (non-hydrogen) atoms. The fourth-order valence-electron chi connectivity index (χ4n) is 1.34. The average Bonchev–Trinajstić information content (AvgIpc) is 2.35. The SMILES string of the molecule is C=CCCOCCNc1cccc(C#N)c1N. The van der Waals surface area contributed by atoms with Crippen LogP contribution in [0, 0.1) is 11.3 Å². The topological polar surface area (TPSA) is 71.1 Å². The van der Waals surface area contributed by atoms with Gasteiger partial charge in [0, 0.05) is 6.54 Å². The van der Waals surface area contributed by atoms with E-state index < -0.39 is 0 Å². The van der Waals surface area contributed by atoms with E-state index in [9.17, 15) is 0 Å². The molecule has 0 atom stereocenters. The Bertz CT molecular complexity index is 410. The molecule has 1 aromatic carbocycles. The van der Waals surface area contributed by atoms with E-state index >= 15 is 0 Å². The molecule has 0 amide bonds. The van der Waals surface area contributed by atoms with Crippen LogP contribution in [-0.4, -0.2) is 19.8 Å². The number of ether oxygens (including phenoxy) is 1. The minimum atomic E-state index is 0.487. The summed E-state index contributed by atoms with van der Waals surface area (Å²) in [6.45, 7) is 5.56. The summed E-state index contributed by atoms with van der Waals surface area (Å²) in [6, 6.07) is 7.39. The van der Waals surface area contributed by atoms with Crippen LogP contribution in [0.15, 0.2) is 30.9 Å². The van der Waals surface area contributed by atoms with Gasteiger partial charge in [-0.1, -0.05) is 12.1 Å². The van der Waals surface area contributed by atoms with Gasteiger partial charge in [0.05, 0.1) is 30.2 Å². The lowest BCUT2D eigenvalue weighted by atomic mass is 10.1. The highest BCUT2D eigenvalue weighted by Gasteiger charge is 2.02. The lowest BCUT2D eigenvalue weighted by Gasteiger charge is -2.10. The van der Waals surface area contributed by atoms with Crippen LogP contribution in [0.5, 0.6) is 0 Å². The van der Waals surface area contributed by atoms with Crippen LogP contribution >= 0.6 is 0 Å². The summed E-state index contributed by atoms with van der Waals surface area (Å²) in [5.74, 6) is 0. The van der Waals surface area contributed by atoms with Crippen LogP contribution in [0.25, 0.3) is 0 Å². The van der Waals surface area contributed by atoms with Crippen molar-refractivity contribution in [3.8, 4) is 6.07 Å². The number of nitrogen functional groups attached to an aromatic ring is 1. The molecular formula is C13H17N3O. The molecule has 0 saturated heterocycles. The number of benzene rings is 1. The molecule has 0 aliphatic heterocycles. The van der Waals surface area contributed by atoms with E-state index in [2.05, 4.69) is 11.9 Å². The number of hydrogen-bond acceptors (Lipinski definition) is 4. The van der Waals surface area contributed by atoms with Crippen molar-refractivity contribution in [2.45, 2.75) is 6.42 Å². The molecule has 0 bridgehead atoms. The van der Waals surface area contributed by atoms with Crippen LogP contribution in [0.4, 0.5) is 11.4 Å². The number of anilines is 2. The summed E-state index contributed by atoms with van der Waals surface area (Å²) >= 11 is 0. The minimum absolute atomic E-state index is 0.487. The monoisotopic (exact) mass is 231 g/mol. The van der Waals surface area contributed by atoms with Gasteiger partial charge in [0.1, 0.15) is 6.07 Å². The summed E-state index contributed by atoms with van der Waals surface area (Å²) in [7, 11) is 0. The molecule has 0 aromatic heterocycles. The normalized spacial score (nSPS) is 9.59. The summed E-state index contributed by atoms with van der Waals surface area (Å²) < 4.78 is 5.35. The molecule has 0 aliphatic rings. The van der Waals surface area contributed by atoms with Crippen LogP contribution < -0.4 is 11.1 Å². The Hall–Kier alpha value is -1.99. The van der Waals surface area contributed by atoms with Gasteiger partial charge in [-0.25, -0.2) is 0 Å². The Morgan fingerprint density at radius 2 is 2.29 bits per heavy atom. The molecule has 4 nitrogen and oxygen atoms in total. The average molecular weight is 231 g/mol. The van der Waals surface area contributed by atoms with Crippen molar-refractivity contribution in [3.63, 3.8) is 0 Å². The Kier molecular flexibility index (Phi) is 5.62. The van der Waals surface area contributed by atoms with Gasteiger partial charge in [-0.05, 0) is 18.6 Å². The Balaban J connectivity index is 2.37. The van der Waals surface area contributed by atoms with Crippen molar-refractivity contribution in [2.75, 3.05) is 30.8 Å². The summed E-state index contributed by atoms with van der Waals surface area (Å²) in [4.78, 5) is 0. The molecule has 90 valence electrons. The van der Waals surface area contributed by atoms with E-state index in [1.807, 2.05) is 18.2 Å². The van der Waals surface area contributed by atoms with Gasteiger partial charge in [0.2, 0.25) is 0 Å². The van der Waals surface area contributed by atoms with Gasteiger partial charge >= 0.3 is 0 Å². The highest BCUT2D eigenvalue weighted by molar-refractivity contribution is 5.72. The number of rotatable bonds is 7. The second-order valence-corrected chi connectivity index (χ2v) is 3.50. The first-order valence-electron chi connectivity index (χ1n) is 5.50. The van der Waals surface area contributed by atoms with Crippen molar-refractivity contribution < 1.29 is 4.74 Å². The molecule has 3 N–H and O–H groups in total. The Morgan fingerprint density at radius 3 is 3.00 bits per heavy atom. The summed E-state index contributed by atoms with van der Waals surface area (Å²) in [6.07, 6.45) is 2.67. The molecule has 0 radical (unpaired) electrons. The molecule has 0 unspecified atom stereocenters. The Labute approximate surface area is 102 Å². The molecule has 0 aliphatic carbocycles. The zero-order chi connectivity index (χ0) is 12.5. The summed E-state index contributed by atoms with van der Waals surface area (Å²) in [5, 5.41) is 12.0. The summed E-state index contributed by atoms with van der Waals surface area (Å²) in [5.41, 5.74) is 7.57. The van der Waals surface area contributed by atoms with Crippen molar-refractivity contribution in [1.29, 1.82) is 5.26 Å². The molecule has 0 fully saturated rings. The van der Waals surface area contributed by atoms with Gasteiger partial charge in [-0.15, -0.1) is 6.58 Å². The second kappa shape index (κ2) is 7.31. The predicted octanol–water partition coefficient (Wildman–Crippen LogP) is 2.15. The van der Waals surface area contributed by atoms with Gasteiger partial charge < -0.3 is 15.8 Å². The minimum Gasteiger partial charge on any atom is -0.396 e. The number of nitriles is 1. The van der Waals surface area contributed by atoms with Gasteiger partial charge in [0.25, 0.3) is 0 Å². The van der Waals surface area contributed by atoms with Crippen molar-refractivity contribution >= 4 is 11.4 Å². The zero-order valence-corrected chi connectivity index (χ0v) is 9.78. The van der Waals surface area contributed by atoms with Gasteiger partial charge in [0.15, 0.2) is 0 Å². The number of para-hydroxylation sites is 1. The van der Waals surface area contributed by atoms with E-state index in [0.29, 0.717) is 31.0 Å². The predicted molar refractivity (Wildman–Crippen MR) is 69.7 cm³/mol. The quantitative estimate of drug-likeness (QED) is 0.428. The van der Waals surface area contributed by atoms with Crippen LogP contribution in [0.3, 0.4) is 0 Å². The maximum Gasteiger partial charge on any atom is 0.101 e. The fraction of sp³-hybridized carbons (Fsp3) is 0.308. The molecule has 4 heteroatoms. The van der Waals surface area contributed by atoms with E-state index in [4.69, 9.17) is 15.7 Å². The first-order chi connectivity index (χ1) is 8.29. The maximum atomic E-state index is 8.82. The zero-order valence-electron chi connectivity index (χ0n) is 9.78. The first kappa shape index (κ1) is 13.1. The van der Waals surface area contributed by atoms with E-state index in [0.717, 1.165) is 12.1 Å². The number of nitrogens with two attached hydrogens (primary N) is 1. The van der Waals surface area contributed by atoms with Crippen molar-refractivity contribution in [3.05, 3.63) is 36.4 Å². The lowest BCUT2D eigenvalue weighted by molar-refractivity contribution is 0.149. The molecule has 0 heterocycles. The third-order valence-electron chi connectivity index (χ3n) is 2.25. The first-order valence-corrected chi connectivity index (χ1v) is 5.50.